The molecule has 3 rings (SSSR count). The number of hydrogen-bond acceptors (Lipinski definition) is 4. The van der Waals surface area contributed by atoms with Gasteiger partial charge in [-0.2, -0.15) is 13.2 Å². The number of piperazine rings is 1. The Hall–Kier alpha value is -2.62. The number of alkyl halides is 3. The highest BCUT2D eigenvalue weighted by Crippen LogP contribution is 2.31. The zero-order valence-electron chi connectivity index (χ0n) is 16.2. The molecule has 7 nitrogen and oxygen atoms in total. The van der Waals surface area contributed by atoms with Gasteiger partial charge in [-0.15, -0.1) is 0 Å². The largest absolute Gasteiger partial charge is 0.449 e. The Morgan fingerprint density at radius 3 is 2.45 bits per heavy atom. The number of hydrogen-bond donors (Lipinski definition) is 1. The van der Waals surface area contributed by atoms with Gasteiger partial charge in [0.2, 0.25) is 17.6 Å². The molecule has 29 heavy (non-hydrogen) atoms. The average Bonchev–Trinajstić information content (AvgIpc) is 3.06. The zero-order valence-corrected chi connectivity index (χ0v) is 16.2. The van der Waals surface area contributed by atoms with Crippen molar-refractivity contribution >= 4 is 22.8 Å². The van der Waals surface area contributed by atoms with E-state index in [0.717, 1.165) is 11.0 Å². The lowest BCUT2D eigenvalue weighted by molar-refractivity contribution is -0.148. The number of imidazole rings is 1. The Balaban J connectivity index is 1.64. The van der Waals surface area contributed by atoms with Crippen LogP contribution >= 0.6 is 0 Å². The number of amides is 2. The number of fused-ring (bicyclic) bond motifs is 1. The van der Waals surface area contributed by atoms with E-state index in [2.05, 4.69) is 10.3 Å². The van der Waals surface area contributed by atoms with Gasteiger partial charge in [-0.25, -0.2) is 4.98 Å². The van der Waals surface area contributed by atoms with E-state index in [9.17, 15) is 22.8 Å². The van der Waals surface area contributed by atoms with Gasteiger partial charge < -0.3 is 14.8 Å². The Morgan fingerprint density at radius 2 is 1.79 bits per heavy atom. The first-order valence-corrected chi connectivity index (χ1v) is 9.59. The molecule has 158 valence electrons. The van der Waals surface area contributed by atoms with E-state index in [-0.39, 0.29) is 23.5 Å². The zero-order chi connectivity index (χ0) is 21.0. The van der Waals surface area contributed by atoms with Gasteiger partial charge in [-0.3, -0.25) is 14.5 Å². The molecule has 0 bridgehead atoms. The van der Waals surface area contributed by atoms with Gasteiger partial charge in [0.1, 0.15) is 6.54 Å². The lowest BCUT2D eigenvalue weighted by Crippen LogP contribution is -2.51. The molecule has 1 fully saturated rings. The highest BCUT2D eigenvalue weighted by Gasteiger charge is 2.38. The molecule has 0 aliphatic carbocycles. The number of nitrogens with one attached hydrogen (secondary N) is 1. The lowest BCUT2D eigenvalue weighted by Gasteiger charge is -2.34. The van der Waals surface area contributed by atoms with Crippen LogP contribution in [0.15, 0.2) is 24.3 Å². The third-order valence-electron chi connectivity index (χ3n) is 4.87. The van der Waals surface area contributed by atoms with E-state index in [0.29, 0.717) is 32.7 Å². The van der Waals surface area contributed by atoms with Crippen molar-refractivity contribution in [1.82, 2.24) is 24.7 Å². The van der Waals surface area contributed by atoms with Gasteiger partial charge in [0, 0.05) is 32.7 Å². The van der Waals surface area contributed by atoms with E-state index in [1.807, 2.05) is 11.8 Å². The highest BCUT2D eigenvalue weighted by molar-refractivity contribution is 5.81. The monoisotopic (exact) mass is 411 g/mol. The van der Waals surface area contributed by atoms with Gasteiger partial charge >= 0.3 is 6.18 Å². The van der Waals surface area contributed by atoms with Crippen LogP contribution in [0.4, 0.5) is 13.2 Å². The number of rotatable bonds is 6. The Morgan fingerprint density at radius 1 is 1.10 bits per heavy atom. The molecule has 0 radical (unpaired) electrons. The number of benzene rings is 1. The summed E-state index contributed by atoms with van der Waals surface area (Å²) in [4.78, 5) is 31.6. The van der Waals surface area contributed by atoms with Crippen LogP contribution < -0.4 is 5.32 Å². The standard InChI is InChI=1S/C19H24F3N5O2/c1-2-7-23-16(28)12-25-8-10-26(11-9-25)17(29)13-27-15-6-4-3-5-14(15)24-18(27)19(20,21)22/h3-6H,2,7-13H2,1H3,(H,23,28). The smallest absolute Gasteiger partial charge is 0.355 e. The Kier molecular flexibility index (Phi) is 6.41. The van der Waals surface area contributed by atoms with E-state index in [4.69, 9.17) is 0 Å². The molecule has 10 heteroatoms. The quantitative estimate of drug-likeness (QED) is 0.786. The first-order valence-electron chi connectivity index (χ1n) is 9.59. The summed E-state index contributed by atoms with van der Waals surface area (Å²) in [5.41, 5.74) is 0.481. The summed E-state index contributed by atoms with van der Waals surface area (Å²) in [5, 5.41) is 2.80. The number of para-hydroxylation sites is 2. The second-order valence-corrected chi connectivity index (χ2v) is 7.01. The van der Waals surface area contributed by atoms with Crippen molar-refractivity contribution in [3.8, 4) is 0 Å². The fourth-order valence-electron chi connectivity index (χ4n) is 3.37. The topological polar surface area (TPSA) is 70.5 Å². The molecule has 0 spiro atoms. The summed E-state index contributed by atoms with van der Waals surface area (Å²) < 4.78 is 41.1. The molecule has 0 atom stereocenters. The average molecular weight is 411 g/mol. The van der Waals surface area contributed by atoms with Crippen LogP contribution in [0.1, 0.15) is 19.2 Å². The maximum Gasteiger partial charge on any atom is 0.449 e. The fraction of sp³-hybridized carbons (Fsp3) is 0.526. The van der Waals surface area contributed by atoms with Gasteiger partial charge in [-0.05, 0) is 18.6 Å². The third kappa shape index (κ3) is 5.06. The van der Waals surface area contributed by atoms with Crippen LogP contribution in [0.25, 0.3) is 11.0 Å². The Labute approximate surface area is 166 Å². The van der Waals surface area contributed by atoms with Crippen LogP contribution in [0.5, 0.6) is 0 Å². The van der Waals surface area contributed by atoms with E-state index in [1.165, 1.54) is 17.0 Å². The minimum absolute atomic E-state index is 0.0636. The van der Waals surface area contributed by atoms with E-state index >= 15 is 0 Å². The van der Waals surface area contributed by atoms with E-state index in [1.54, 1.807) is 12.1 Å². The molecule has 2 heterocycles. The molecule has 1 saturated heterocycles. The van der Waals surface area contributed by atoms with Crippen molar-refractivity contribution in [2.24, 2.45) is 0 Å². The SMILES string of the molecule is CCCNC(=O)CN1CCN(C(=O)Cn2c(C(F)(F)F)nc3ccccc32)CC1. The molecular weight excluding hydrogens is 387 g/mol. The van der Waals surface area contributed by atoms with Crippen molar-refractivity contribution in [3.05, 3.63) is 30.1 Å². The van der Waals surface area contributed by atoms with Crippen molar-refractivity contribution in [3.63, 3.8) is 0 Å². The van der Waals surface area contributed by atoms with Crippen LogP contribution in [0.3, 0.4) is 0 Å². The minimum atomic E-state index is -4.65. The number of nitrogens with zero attached hydrogens (tertiary/aromatic N) is 4. The minimum Gasteiger partial charge on any atom is -0.355 e. The molecule has 2 aromatic rings. The van der Waals surface area contributed by atoms with Crippen molar-refractivity contribution < 1.29 is 22.8 Å². The molecule has 0 unspecified atom stereocenters. The van der Waals surface area contributed by atoms with Crippen molar-refractivity contribution in [2.75, 3.05) is 39.3 Å². The molecular formula is C19H24F3N5O2. The summed E-state index contributed by atoms with van der Waals surface area (Å²) in [6, 6.07) is 6.25. The first kappa shape index (κ1) is 21.1. The van der Waals surface area contributed by atoms with Crippen molar-refractivity contribution in [2.45, 2.75) is 26.1 Å². The summed E-state index contributed by atoms with van der Waals surface area (Å²) in [6.07, 6.45) is -3.79. The van der Waals surface area contributed by atoms with Crippen LogP contribution in [0, 0.1) is 0 Å². The van der Waals surface area contributed by atoms with E-state index < -0.39 is 24.5 Å². The highest BCUT2D eigenvalue weighted by atomic mass is 19.4. The molecule has 0 saturated carbocycles. The summed E-state index contributed by atoms with van der Waals surface area (Å²) in [6.45, 7) is 4.17. The molecule has 1 N–H and O–H groups in total. The summed E-state index contributed by atoms with van der Waals surface area (Å²) in [5.74, 6) is -1.53. The summed E-state index contributed by atoms with van der Waals surface area (Å²) in [7, 11) is 0. The summed E-state index contributed by atoms with van der Waals surface area (Å²) >= 11 is 0. The second-order valence-electron chi connectivity index (χ2n) is 7.01. The van der Waals surface area contributed by atoms with Crippen molar-refractivity contribution in [1.29, 1.82) is 0 Å². The molecule has 1 aromatic carbocycles. The number of carbonyl (C=O) groups is 2. The fourth-order valence-corrected chi connectivity index (χ4v) is 3.37. The molecule has 1 aliphatic rings. The van der Waals surface area contributed by atoms with Gasteiger partial charge in [0.25, 0.3) is 0 Å². The molecule has 2 amide bonds. The Bertz CT molecular complexity index is 872. The molecule has 1 aliphatic heterocycles. The van der Waals surface area contributed by atoms with Gasteiger partial charge in [-0.1, -0.05) is 19.1 Å². The third-order valence-corrected chi connectivity index (χ3v) is 4.87. The second kappa shape index (κ2) is 8.81. The first-order chi connectivity index (χ1) is 13.8. The number of carbonyl (C=O) groups excluding carboxylic acids is 2. The van der Waals surface area contributed by atoms with Crippen LogP contribution in [0.2, 0.25) is 0 Å². The lowest BCUT2D eigenvalue weighted by atomic mass is 10.3. The van der Waals surface area contributed by atoms with Crippen LogP contribution in [-0.4, -0.2) is 70.4 Å². The normalized spacial score (nSPS) is 15.7. The maximum atomic E-state index is 13.4. The van der Waals surface area contributed by atoms with Gasteiger partial charge in [0.05, 0.1) is 17.6 Å². The predicted octanol–water partition coefficient (Wildman–Crippen LogP) is 1.73. The number of aromatic nitrogens is 2. The van der Waals surface area contributed by atoms with Gasteiger partial charge in [0.15, 0.2) is 0 Å². The van der Waals surface area contributed by atoms with Crippen LogP contribution in [-0.2, 0) is 22.3 Å². The molecule has 1 aromatic heterocycles. The predicted molar refractivity (Wildman–Crippen MR) is 101 cm³/mol. The maximum absolute atomic E-state index is 13.4. The number of halogens is 3.